The summed E-state index contributed by atoms with van der Waals surface area (Å²) in [6, 6.07) is 13.0. The van der Waals surface area contributed by atoms with Crippen LogP contribution in [0.25, 0.3) is 6.08 Å². The Kier molecular flexibility index (Phi) is 4.18. The van der Waals surface area contributed by atoms with Crippen LogP contribution in [0.3, 0.4) is 0 Å². The number of carbonyl (C=O) groups is 2. The summed E-state index contributed by atoms with van der Waals surface area (Å²) in [5.74, 6) is -0.425. The van der Waals surface area contributed by atoms with Gasteiger partial charge in [-0.1, -0.05) is 30.3 Å². The van der Waals surface area contributed by atoms with Gasteiger partial charge in [-0.05, 0) is 42.0 Å². The lowest BCUT2D eigenvalue weighted by Crippen LogP contribution is -2.28. The molecule has 1 heterocycles. The second-order valence-electron chi connectivity index (χ2n) is 5.16. The molecule has 0 N–H and O–H groups in total. The number of anilines is 1. The van der Waals surface area contributed by atoms with Gasteiger partial charge < -0.3 is 0 Å². The Morgan fingerprint density at radius 1 is 1.12 bits per heavy atom. The van der Waals surface area contributed by atoms with Crippen molar-refractivity contribution in [1.29, 1.82) is 0 Å². The van der Waals surface area contributed by atoms with E-state index in [4.69, 9.17) is 0 Å². The van der Waals surface area contributed by atoms with Crippen LogP contribution < -0.4 is 4.90 Å². The Hall–Kier alpha value is -2.93. The lowest BCUT2D eigenvalue weighted by molar-refractivity contribution is -0.384. The van der Waals surface area contributed by atoms with Crippen LogP contribution in [0.4, 0.5) is 16.2 Å². The number of aryl methyl sites for hydroxylation is 1. The van der Waals surface area contributed by atoms with E-state index in [2.05, 4.69) is 0 Å². The number of nitro groups is 1. The van der Waals surface area contributed by atoms with Crippen LogP contribution in [0, 0.1) is 17.0 Å². The highest BCUT2D eigenvalue weighted by molar-refractivity contribution is 8.19. The van der Waals surface area contributed by atoms with Crippen LogP contribution in [0.1, 0.15) is 11.1 Å². The van der Waals surface area contributed by atoms with Crippen molar-refractivity contribution >= 4 is 40.4 Å². The standard InChI is InChI=1S/C17H12N2O4S/c1-11-5-2-3-8-14(11)18-16(20)15(24-17(18)21)10-12-6-4-7-13(9-12)19(22)23/h2-10H,1H3/b15-10-. The number of carbonyl (C=O) groups excluding carboxylic acids is 2. The zero-order valence-electron chi connectivity index (χ0n) is 12.6. The molecule has 0 aromatic heterocycles. The predicted molar refractivity (Wildman–Crippen MR) is 92.7 cm³/mol. The van der Waals surface area contributed by atoms with Crippen molar-refractivity contribution in [3.8, 4) is 0 Å². The Bertz CT molecular complexity index is 892. The number of thioether (sulfide) groups is 1. The molecule has 2 aromatic rings. The van der Waals surface area contributed by atoms with E-state index in [0.717, 1.165) is 22.2 Å². The highest BCUT2D eigenvalue weighted by atomic mass is 32.2. The molecule has 0 bridgehead atoms. The van der Waals surface area contributed by atoms with Gasteiger partial charge in [0.25, 0.3) is 16.8 Å². The summed E-state index contributed by atoms with van der Waals surface area (Å²) >= 11 is 0.823. The third-order valence-corrected chi connectivity index (χ3v) is 4.40. The molecule has 1 fully saturated rings. The van der Waals surface area contributed by atoms with Gasteiger partial charge in [0.15, 0.2) is 0 Å². The molecule has 7 heteroatoms. The van der Waals surface area contributed by atoms with E-state index in [0.29, 0.717) is 11.3 Å². The quantitative estimate of drug-likeness (QED) is 0.476. The Balaban J connectivity index is 1.96. The van der Waals surface area contributed by atoms with E-state index in [1.807, 2.05) is 19.1 Å². The van der Waals surface area contributed by atoms with Gasteiger partial charge in [0.05, 0.1) is 15.5 Å². The van der Waals surface area contributed by atoms with Crippen molar-refractivity contribution in [3.63, 3.8) is 0 Å². The molecule has 6 nitrogen and oxygen atoms in total. The average molecular weight is 340 g/mol. The van der Waals surface area contributed by atoms with E-state index in [1.54, 1.807) is 18.2 Å². The predicted octanol–water partition coefficient (Wildman–Crippen LogP) is 4.14. The van der Waals surface area contributed by atoms with Gasteiger partial charge in [-0.2, -0.15) is 0 Å². The van der Waals surface area contributed by atoms with Crippen LogP contribution >= 0.6 is 11.8 Å². The first kappa shape index (κ1) is 15.9. The van der Waals surface area contributed by atoms with Crippen LogP contribution in [-0.2, 0) is 4.79 Å². The fraction of sp³-hybridized carbons (Fsp3) is 0.0588. The van der Waals surface area contributed by atoms with E-state index in [9.17, 15) is 19.7 Å². The number of amides is 2. The minimum atomic E-state index is -0.504. The normalized spacial score (nSPS) is 16.0. The number of non-ortho nitro benzene ring substituents is 1. The average Bonchev–Trinajstić information content (AvgIpc) is 2.82. The van der Waals surface area contributed by atoms with Crippen molar-refractivity contribution < 1.29 is 14.5 Å². The number of hydrogen-bond acceptors (Lipinski definition) is 5. The van der Waals surface area contributed by atoms with Crippen molar-refractivity contribution in [3.05, 3.63) is 74.7 Å². The molecule has 1 saturated heterocycles. The number of para-hydroxylation sites is 1. The summed E-state index contributed by atoms with van der Waals surface area (Å²) in [7, 11) is 0. The summed E-state index contributed by atoms with van der Waals surface area (Å²) in [5.41, 5.74) is 1.79. The highest BCUT2D eigenvalue weighted by Gasteiger charge is 2.36. The molecule has 24 heavy (non-hydrogen) atoms. The molecule has 1 aliphatic rings. The van der Waals surface area contributed by atoms with Crippen molar-refractivity contribution in [2.75, 3.05) is 4.90 Å². The number of rotatable bonds is 3. The first-order valence-electron chi connectivity index (χ1n) is 7.05. The molecule has 2 amide bonds. The van der Waals surface area contributed by atoms with Crippen molar-refractivity contribution in [2.45, 2.75) is 6.92 Å². The van der Waals surface area contributed by atoms with Gasteiger partial charge in [0, 0.05) is 12.1 Å². The topological polar surface area (TPSA) is 80.5 Å². The minimum absolute atomic E-state index is 0.0677. The first-order chi connectivity index (χ1) is 11.5. The molecule has 3 rings (SSSR count). The maximum atomic E-state index is 12.6. The zero-order valence-corrected chi connectivity index (χ0v) is 13.4. The molecule has 0 atom stereocenters. The van der Waals surface area contributed by atoms with Gasteiger partial charge in [-0.3, -0.25) is 19.7 Å². The summed E-state index contributed by atoms with van der Waals surface area (Å²) < 4.78 is 0. The maximum absolute atomic E-state index is 12.6. The molecule has 1 aliphatic heterocycles. The third-order valence-electron chi connectivity index (χ3n) is 3.53. The number of hydrogen-bond donors (Lipinski definition) is 0. The van der Waals surface area contributed by atoms with E-state index in [1.165, 1.54) is 24.3 Å². The molecule has 0 spiro atoms. The van der Waals surface area contributed by atoms with E-state index in [-0.39, 0.29) is 15.8 Å². The van der Waals surface area contributed by atoms with Crippen molar-refractivity contribution in [1.82, 2.24) is 0 Å². The highest BCUT2D eigenvalue weighted by Crippen LogP contribution is 2.37. The molecular weight excluding hydrogens is 328 g/mol. The lowest BCUT2D eigenvalue weighted by atomic mass is 10.1. The van der Waals surface area contributed by atoms with Gasteiger partial charge >= 0.3 is 0 Å². The summed E-state index contributed by atoms with van der Waals surface area (Å²) in [6.45, 7) is 1.82. The number of nitrogens with zero attached hydrogens (tertiary/aromatic N) is 2. The Labute approximate surface area is 141 Å². The van der Waals surface area contributed by atoms with Crippen LogP contribution in [0.15, 0.2) is 53.4 Å². The molecule has 0 radical (unpaired) electrons. The molecule has 0 saturated carbocycles. The molecule has 120 valence electrons. The summed E-state index contributed by atoms with van der Waals surface area (Å²) in [5, 5.41) is 10.4. The molecule has 0 unspecified atom stereocenters. The lowest BCUT2D eigenvalue weighted by Gasteiger charge is -2.14. The molecule has 0 aliphatic carbocycles. The Morgan fingerprint density at radius 2 is 1.88 bits per heavy atom. The number of nitro benzene ring substituents is 1. The minimum Gasteiger partial charge on any atom is -0.268 e. The second-order valence-corrected chi connectivity index (χ2v) is 6.15. The van der Waals surface area contributed by atoms with Crippen molar-refractivity contribution in [2.24, 2.45) is 0 Å². The third kappa shape index (κ3) is 2.93. The van der Waals surface area contributed by atoms with Crippen LogP contribution in [0.2, 0.25) is 0 Å². The van der Waals surface area contributed by atoms with Crippen LogP contribution in [0.5, 0.6) is 0 Å². The van der Waals surface area contributed by atoms with Crippen LogP contribution in [-0.4, -0.2) is 16.1 Å². The number of benzene rings is 2. The van der Waals surface area contributed by atoms with Gasteiger partial charge in [0.2, 0.25) is 0 Å². The van der Waals surface area contributed by atoms with Gasteiger partial charge in [0.1, 0.15) is 0 Å². The summed E-state index contributed by atoms with van der Waals surface area (Å²) in [6.07, 6.45) is 1.50. The van der Waals surface area contributed by atoms with Gasteiger partial charge in [-0.25, -0.2) is 4.90 Å². The first-order valence-corrected chi connectivity index (χ1v) is 7.87. The largest absolute Gasteiger partial charge is 0.298 e. The number of imide groups is 1. The Morgan fingerprint density at radius 3 is 2.58 bits per heavy atom. The fourth-order valence-corrected chi connectivity index (χ4v) is 3.20. The second kappa shape index (κ2) is 6.29. The van der Waals surface area contributed by atoms with E-state index >= 15 is 0 Å². The maximum Gasteiger partial charge on any atom is 0.298 e. The fourth-order valence-electron chi connectivity index (χ4n) is 2.37. The smallest absolute Gasteiger partial charge is 0.268 e. The molecular formula is C17H12N2O4S. The zero-order chi connectivity index (χ0) is 17.3. The van der Waals surface area contributed by atoms with E-state index < -0.39 is 10.8 Å². The SMILES string of the molecule is Cc1ccccc1N1C(=O)S/C(=C\c2cccc([N+](=O)[O-])c2)C1=O. The van der Waals surface area contributed by atoms with Gasteiger partial charge in [-0.15, -0.1) is 0 Å². The monoisotopic (exact) mass is 340 g/mol. The summed E-state index contributed by atoms with van der Waals surface area (Å²) in [4.78, 5) is 36.5. The molecule has 2 aromatic carbocycles.